The Kier molecular flexibility index (Phi) is 4.22. The lowest BCUT2D eigenvalue weighted by atomic mass is 10.1. The van der Waals surface area contributed by atoms with Gasteiger partial charge in [0.05, 0.1) is 6.61 Å². The van der Waals surface area contributed by atoms with E-state index in [0.29, 0.717) is 12.4 Å². The van der Waals surface area contributed by atoms with E-state index in [4.69, 9.17) is 10.5 Å². The molecule has 0 aliphatic carbocycles. The summed E-state index contributed by atoms with van der Waals surface area (Å²) in [4.78, 5) is 19.7. The molecule has 5 nitrogen and oxygen atoms in total. The number of nitrogen functional groups attached to an aromatic ring is 1. The SMILES string of the molecule is CCOC(=O)c1cnc(C(C)CC)nc1N. The largest absolute Gasteiger partial charge is 0.462 e. The zero-order valence-electron chi connectivity index (χ0n) is 9.86. The van der Waals surface area contributed by atoms with E-state index in [1.54, 1.807) is 6.92 Å². The topological polar surface area (TPSA) is 78.1 Å². The van der Waals surface area contributed by atoms with Crippen molar-refractivity contribution in [1.29, 1.82) is 0 Å². The summed E-state index contributed by atoms with van der Waals surface area (Å²) >= 11 is 0. The second-order valence-corrected chi connectivity index (χ2v) is 3.56. The molecule has 1 aromatic rings. The van der Waals surface area contributed by atoms with E-state index in [9.17, 15) is 4.79 Å². The maximum absolute atomic E-state index is 11.4. The van der Waals surface area contributed by atoms with E-state index in [0.717, 1.165) is 6.42 Å². The first-order valence-corrected chi connectivity index (χ1v) is 5.39. The Labute approximate surface area is 95.0 Å². The fourth-order valence-electron chi connectivity index (χ4n) is 1.20. The first kappa shape index (κ1) is 12.4. The lowest BCUT2D eigenvalue weighted by Gasteiger charge is -2.09. The fraction of sp³-hybridized carbons (Fsp3) is 0.545. The molecule has 0 amide bonds. The summed E-state index contributed by atoms with van der Waals surface area (Å²) in [6, 6.07) is 0. The lowest BCUT2D eigenvalue weighted by molar-refractivity contribution is 0.0526. The van der Waals surface area contributed by atoms with Crippen molar-refractivity contribution in [2.24, 2.45) is 0 Å². The molecule has 0 bridgehead atoms. The molecular weight excluding hydrogens is 206 g/mol. The average molecular weight is 223 g/mol. The first-order chi connectivity index (χ1) is 7.60. The van der Waals surface area contributed by atoms with Crippen molar-refractivity contribution in [2.45, 2.75) is 33.1 Å². The number of nitrogens with two attached hydrogens (primary N) is 1. The molecule has 0 saturated carbocycles. The van der Waals surface area contributed by atoms with Gasteiger partial charge < -0.3 is 10.5 Å². The number of esters is 1. The van der Waals surface area contributed by atoms with E-state index in [1.165, 1.54) is 6.20 Å². The molecule has 1 aromatic heterocycles. The molecule has 0 aromatic carbocycles. The van der Waals surface area contributed by atoms with Crippen molar-refractivity contribution in [3.63, 3.8) is 0 Å². The molecule has 1 unspecified atom stereocenters. The number of ether oxygens (including phenoxy) is 1. The second kappa shape index (κ2) is 5.44. The number of hydrogen-bond acceptors (Lipinski definition) is 5. The van der Waals surface area contributed by atoms with Crippen LogP contribution in [-0.4, -0.2) is 22.5 Å². The van der Waals surface area contributed by atoms with Crippen LogP contribution in [0, 0.1) is 0 Å². The number of rotatable bonds is 4. The minimum Gasteiger partial charge on any atom is -0.462 e. The van der Waals surface area contributed by atoms with Gasteiger partial charge in [-0.15, -0.1) is 0 Å². The van der Waals surface area contributed by atoms with Crippen molar-refractivity contribution in [1.82, 2.24) is 9.97 Å². The van der Waals surface area contributed by atoms with E-state index < -0.39 is 5.97 Å². The van der Waals surface area contributed by atoms with Crippen LogP contribution in [0.3, 0.4) is 0 Å². The number of nitrogens with zero attached hydrogens (tertiary/aromatic N) is 2. The predicted molar refractivity (Wildman–Crippen MR) is 61.1 cm³/mol. The zero-order valence-corrected chi connectivity index (χ0v) is 9.86. The highest BCUT2D eigenvalue weighted by Crippen LogP contribution is 2.17. The summed E-state index contributed by atoms with van der Waals surface area (Å²) in [5, 5.41) is 0. The number of aromatic nitrogens is 2. The summed E-state index contributed by atoms with van der Waals surface area (Å²) in [7, 11) is 0. The molecule has 16 heavy (non-hydrogen) atoms. The van der Waals surface area contributed by atoms with Crippen LogP contribution in [-0.2, 0) is 4.74 Å². The Morgan fingerprint density at radius 3 is 2.75 bits per heavy atom. The molecule has 88 valence electrons. The highest BCUT2D eigenvalue weighted by molar-refractivity contribution is 5.93. The smallest absolute Gasteiger partial charge is 0.343 e. The molecule has 0 spiro atoms. The van der Waals surface area contributed by atoms with Gasteiger partial charge in [0.15, 0.2) is 0 Å². The molecular formula is C11H17N3O2. The second-order valence-electron chi connectivity index (χ2n) is 3.56. The van der Waals surface area contributed by atoms with Gasteiger partial charge >= 0.3 is 5.97 Å². The summed E-state index contributed by atoms with van der Waals surface area (Å²) < 4.78 is 4.84. The third kappa shape index (κ3) is 2.68. The van der Waals surface area contributed by atoms with Gasteiger partial charge in [-0.05, 0) is 13.3 Å². The maximum Gasteiger partial charge on any atom is 0.343 e. The predicted octanol–water partition coefficient (Wildman–Crippen LogP) is 1.75. The number of carbonyl (C=O) groups excluding carboxylic acids is 1. The van der Waals surface area contributed by atoms with Crippen LogP contribution in [0.1, 0.15) is 49.3 Å². The van der Waals surface area contributed by atoms with E-state index >= 15 is 0 Å². The van der Waals surface area contributed by atoms with Gasteiger partial charge in [0.2, 0.25) is 0 Å². The van der Waals surface area contributed by atoms with Gasteiger partial charge in [0.25, 0.3) is 0 Å². The van der Waals surface area contributed by atoms with Gasteiger partial charge in [-0.2, -0.15) is 0 Å². The maximum atomic E-state index is 11.4. The van der Waals surface area contributed by atoms with Gasteiger partial charge in [0.1, 0.15) is 17.2 Å². The summed E-state index contributed by atoms with van der Waals surface area (Å²) in [5.41, 5.74) is 5.92. The molecule has 0 fully saturated rings. The molecule has 5 heteroatoms. The number of carbonyl (C=O) groups is 1. The van der Waals surface area contributed by atoms with Crippen LogP contribution in [0.4, 0.5) is 5.82 Å². The van der Waals surface area contributed by atoms with Crippen molar-refractivity contribution in [2.75, 3.05) is 12.3 Å². The highest BCUT2D eigenvalue weighted by atomic mass is 16.5. The molecule has 1 heterocycles. The lowest BCUT2D eigenvalue weighted by Crippen LogP contribution is -2.12. The first-order valence-electron chi connectivity index (χ1n) is 5.39. The van der Waals surface area contributed by atoms with Gasteiger partial charge in [-0.3, -0.25) is 0 Å². The molecule has 1 rings (SSSR count). The Balaban J connectivity index is 2.95. The third-order valence-corrected chi connectivity index (χ3v) is 2.39. The van der Waals surface area contributed by atoms with Gasteiger partial charge in [-0.25, -0.2) is 14.8 Å². The fourth-order valence-corrected chi connectivity index (χ4v) is 1.20. The molecule has 1 atom stereocenters. The summed E-state index contributed by atoms with van der Waals surface area (Å²) in [6.45, 7) is 6.11. The zero-order chi connectivity index (χ0) is 12.1. The van der Waals surface area contributed by atoms with Crippen LogP contribution >= 0.6 is 0 Å². The molecule has 2 N–H and O–H groups in total. The van der Waals surface area contributed by atoms with E-state index in [1.807, 2.05) is 13.8 Å². The quantitative estimate of drug-likeness (QED) is 0.787. The summed E-state index contributed by atoms with van der Waals surface area (Å²) in [6.07, 6.45) is 2.36. The minimum atomic E-state index is -0.476. The molecule has 0 aliphatic heterocycles. The van der Waals surface area contributed by atoms with Crippen LogP contribution in [0.2, 0.25) is 0 Å². The van der Waals surface area contributed by atoms with Crippen LogP contribution in [0.15, 0.2) is 6.20 Å². The minimum absolute atomic E-state index is 0.184. The number of hydrogen-bond donors (Lipinski definition) is 1. The molecule has 0 saturated heterocycles. The Hall–Kier alpha value is -1.65. The molecule has 0 radical (unpaired) electrons. The van der Waals surface area contributed by atoms with Gasteiger partial charge in [0, 0.05) is 12.1 Å². The van der Waals surface area contributed by atoms with Crippen LogP contribution in [0.5, 0.6) is 0 Å². The van der Waals surface area contributed by atoms with Crippen LogP contribution in [0.25, 0.3) is 0 Å². The van der Waals surface area contributed by atoms with Gasteiger partial charge in [-0.1, -0.05) is 13.8 Å². The van der Waals surface area contributed by atoms with Crippen molar-refractivity contribution in [3.05, 3.63) is 17.6 Å². The average Bonchev–Trinajstić information content (AvgIpc) is 2.28. The van der Waals surface area contributed by atoms with Crippen molar-refractivity contribution >= 4 is 11.8 Å². The van der Waals surface area contributed by atoms with E-state index in [2.05, 4.69) is 9.97 Å². The van der Waals surface area contributed by atoms with E-state index in [-0.39, 0.29) is 17.3 Å². The Morgan fingerprint density at radius 2 is 2.25 bits per heavy atom. The summed E-state index contributed by atoms with van der Waals surface area (Å²) in [5.74, 6) is 0.603. The highest BCUT2D eigenvalue weighted by Gasteiger charge is 2.15. The van der Waals surface area contributed by atoms with Crippen LogP contribution < -0.4 is 5.73 Å². The normalized spacial score (nSPS) is 12.2. The Morgan fingerprint density at radius 1 is 1.56 bits per heavy atom. The Bertz CT molecular complexity index is 379. The monoisotopic (exact) mass is 223 g/mol. The number of anilines is 1. The van der Waals surface area contributed by atoms with Crippen molar-refractivity contribution in [3.8, 4) is 0 Å². The van der Waals surface area contributed by atoms with Crippen molar-refractivity contribution < 1.29 is 9.53 Å². The third-order valence-electron chi connectivity index (χ3n) is 2.39. The molecule has 0 aliphatic rings. The standard InChI is InChI=1S/C11H17N3O2/c1-4-7(3)10-13-6-8(9(12)14-10)11(15)16-5-2/h6-7H,4-5H2,1-3H3,(H2,12,13,14).